The van der Waals surface area contributed by atoms with Crippen molar-refractivity contribution < 1.29 is 14.3 Å². The van der Waals surface area contributed by atoms with Crippen molar-refractivity contribution in [1.82, 2.24) is 15.3 Å². The van der Waals surface area contributed by atoms with Crippen LogP contribution in [-0.4, -0.2) is 22.7 Å². The number of ether oxygens (including phenoxy) is 2. The molecule has 1 saturated carbocycles. The van der Waals surface area contributed by atoms with Crippen LogP contribution < -0.4 is 14.8 Å². The molecule has 1 N–H and O–H groups in total. The summed E-state index contributed by atoms with van der Waals surface area (Å²) in [5.74, 6) is 1.41. The molecule has 1 aliphatic heterocycles. The van der Waals surface area contributed by atoms with Gasteiger partial charge in [0.1, 0.15) is 0 Å². The van der Waals surface area contributed by atoms with E-state index in [1.165, 1.54) is 0 Å². The zero-order chi connectivity index (χ0) is 22.3. The minimum atomic E-state index is -0.725. The second-order valence-corrected chi connectivity index (χ2v) is 10.1. The van der Waals surface area contributed by atoms with Crippen LogP contribution in [0.2, 0.25) is 0 Å². The molecule has 3 unspecified atom stereocenters. The number of rotatable bonds is 3. The van der Waals surface area contributed by atoms with Gasteiger partial charge in [-0.05, 0) is 30.7 Å². The fourth-order valence-corrected chi connectivity index (χ4v) is 6.14. The molecule has 0 radical (unpaired) electrons. The monoisotopic (exact) mass is 429 g/mol. The van der Waals surface area contributed by atoms with Crippen LogP contribution in [0.4, 0.5) is 0 Å². The highest BCUT2D eigenvalue weighted by molar-refractivity contribution is 5.93. The maximum Gasteiger partial charge on any atom is 0.233 e. The summed E-state index contributed by atoms with van der Waals surface area (Å²) >= 11 is 0. The first-order valence-corrected chi connectivity index (χ1v) is 11.3. The summed E-state index contributed by atoms with van der Waals surface area (Å²) in [7, 11) is 0. The van der Waals surface area contributed by atoms with Gasteiger partial charge in [0.05, 0.1) is 33.9 Å². The molecule has 3 aromatic rings. The van der Waals surface area contributed by atoms with Gasteiger partial charge >= 0.3 is 0 Å². The number of aromatic nitrogens is 2. The molecule has 3 aliphatic rings. The zero-order valence-electron chi connectivity index (χ0n) is 18.9. The molecule has 2 heterocycles. The highest BCUT2D eigenvalue weighted by atomic mass is 16.7. The number of carbonyl (C=O) groups excluding carboxylic acids is 1. The predicted octanol–water partition coefficient (Wildman–Crippen LogP) is 4.57. The molecule has 1 amide bonds. The molecular weight excluding hydrogens is 402 g/mol. The summed E-state index contributed by atoms with van der Waals surface area (Å²) in [5, 5.41) is 3.31. The summed E-state index contributed by atoms with van der Waals surface area (Å²) < 4.78 is 11.1. The Labute approximate surface area is 187 Å². The topological polar surface area (TPSA) is 73.3 Å². The third-order valence-corrected chi connectivity index (χ3v) is 8.57. The van der Waals surface area contributed by atoms with E-state index in [0.717, 1.165) is 40.8 Å². The largest absolute Gasteiger partial charge is 0.454 e. The van der Waals surface area contributed by atoms with E-state index in [1.807, 2.05) is 49.4 Å². The number of amides is 1. The quantitative estimate of drug-likeness (QED) is 0.661. The second kappa shape index (κ2) is 6.21. The van der Waals surface area contributed by atoms with Gasteiger partial charge in [0.2, 0.25) is 12.7 Å². The van der Waals surface area contributed by atoms with Crippen molar-refractivity contribution in [3.05, 3.63) is 59.4 Å². The third kappa shape index (κ3) is 2.22. The molecule has 164 valence electrons. The maximum atomic E-state index is 14.0. The molecule has 2 bridgehead atoms. The third-order valence-electron chi connectivity index (χ3n) is 8.57. The minimum Gasteiger partial charge on any atom is -0.454 e. The van der Waals surface area contributed by atoms with E-state index in [4.69, 9.17) is 19.4 Å². The van der Waals surface area contributed by atoms with Gasteiger partial charge in [-0.3, -0.25) is 4.79 Å². The molecule has 1 fully saturated rings. The molecular formula is C26H27N3O3. The van der Waals surface area contributed by atoms with Crippen LogP contribution in [-0.2, 0) is 15.6 Å². The average molecular weight is 430 g/mol. The summed E-state index contributed by atoms with van der Waals surface area (Å²) in [6.07, 6.45) is 1.67. The smallest absolute Gasteiger partial charge is 0.233 e. The van der Waals surface area contributed by atoms with Crippen molar-refractivity contribution in [2.24, 2.45) is 5.41 Å². The Morgan fingerprint density at radius 1 is 0.969 bits per heavy atom. The molecule has 6 nitrogen and oxygen atoms in total. The Bertz CT molecular complexity index is 1270. The molecule has 0 saturated heterocycles. The summed E-state index contributed by atoms with van der Waals surface area (Å²) in [4.78, 5) is 24.2. The first-order valence-electron chi connectivity index (χ1n) is 11.3. The molecule has 6 heteroatoms. The Kier molecular flexibility index (Phi) is 3.79. The summed E-state index contributed by atoms with van der Waals surface area (Å²) in [6.45, 7) is 8.88. The highest BCUT2D eigenvalue weighted by Crippen LogP contribution is 2.70. The Hall–Kier alpha value is -3.15. The first kappa shape index (κ1) is 19.5. The van der Waals surface area contributed by atoms with Gasteiger partial charge in [-0.15, -0.1) is 0 Å². The van der Waals surface area contributed by atoms with Gasteiger partial charge in [-0.2, -0.15) is 0 Å². The lowest BCUT2D eigenvalue weighted by Gasteiger charge is -2.40. The summed E-state index contributed by atoms with van der Waals surface area (Å²) in [6, 6.07) is 13.8. The van der Waals surface area contributed by atoms with E-state index < -0.39 is 5.41 Å². The SMILES string of the molecule is CC(NC(=O)C12CCC(C)(c3nc4cc5c(cc4nc31)OCO5)C2(C)C)c1ccccc1. The lowest BCUT2D eigenvalue weighted by atomic mass is 9.63. The van der Waals surface area contributed by atoms with Crippen molar-refractivity contribution >= 4 is 16.9 Å². The van der Waals surface area contributed by atoms with E-state index in [-0.39, 0.29) is 29.6 Å². The van der Waals surface area contributed by atoms with Crippen LogP contribution in [0.1, 0.15) is 63.5 Å². The molecule has 3 atom stereocenters. The van der Waals surface area contributed by atoms with Crippen LogP contribution in [0.15, 0.2) is 42.5 Å². The molecule has 6 rings (SSSR count). The zero-order valence-corrected chi connectivity index (χ0v) is 18.9. The average Bonchev–Trinajstić information content (AvgIpc) is 3.36. The van der Waals surface area contributed by atoms with Crippen LogP contribution in [0.3, 0.4) is 0 Å². The number of hydrogen-bond acceptors (Lipinski definition) is 5. The standard InChI is InChI=1S/C26H27N3O3/c1-15(16-8-6-5-7-9-16)27-23(30)26-11-10-25(4,24(26,2)3)21-22(26)29-18-13-20-19(31-14-32-20)12-17(18)28-21/h5-9,12-13,15H,10-11,14H2,1-4H3,(H,27,30). The Morgan fingerprint density at radius 2 is 1.59 bits per heavy atom. The van der Waals surface area contributed by atoms with E-state index in [2.05, 4.69) is 26.1 Å². The lowest BCUT2D eigenvalue weighted by molar-refractivity contribution is -0.131. The molecule has 1 aromatic heterocycles. The maximum absolute atomic E-state index is 14.0. The van der Waals surface area contributed by atoms with Crippen molar-refractivity contribution in [3.8, 4) is 11.5 Å². The Morgan fingerprint density at radius 3 is 2.25 bits per heavy atom. The fourth-order valence-electron chi connectivity index (χ4n) is 6.14. The number of hydrogen-bond donors (Lipinski definition) is 1. The normalized spacial score (nSPS) is 27.4. The van der Waals surface area contributed by atoms with E-state index in [9.17, 15) is 4.79 Å². The minimum absolute atomic E-state index is 0.0377. The van der Waals surface area contributed by atoms with Crippen LogP contribution in [0.5, 0.6) is 11.5 Å². The van der Waals surface area contributed by atoms with E-state index >= 15 is 0 Å². The van der Waals surface area contributed by atoms with E-state index in [0.29, 0.717) is 11.5 Å². The number of nitrogens with one attached hydrogen (secondary N) is 1. The van der Waals surface area contributed by atoms with Crippen LogP contribution in [0, 0.1) is 5.41 Å². The van der Waals surface area contributed by atoms with Crippen molar-refractivity contribution in [2.45, 2.75) is 57.4 Å². The molecule has 32 heavy (non-hydrogen) atoms. The van der Waals surface area contributed by atoms with E-state index in [1.54, 1.807) is 0 Å². The van der Waals surface area contributed by atoms with Gasteiger partial charge in [0.25, 0.3) is 0 Å². The van der Waals surface area contributed by atoms with Crippen molar-refractivity contribution in [1.29, 1.82) is 0 Å². The number of carbonyl (C=O) groups is 1. The van der Waals surface area contributed by atoms with Crippen LogP contribution >= 0.6 is 0 Å². The van der Waals surface area contributed by atoms with Crippen LogP contribution in [0.25, 0.3) is 11.0 Å². The van der Waals surface area contributed by atoms with Crippen molar-refractivity contribution in [3.63, 3.8) is 0 Å². The Balaban J connectivity index is 1.49. The predicted molar refractivity (Wildman–Crippen MR) is 121 cm³/mol. The van der Waals surface area contributed by atoms with Gasteiger partial charge in [-0.25, -0.2) is 9.97 Å². The number of benzene rings is 2. The van der Waals surface area contributed by atoms with Gasteiger partial charge in [0, 0.05) is 17.5 Å². The number of fused-ring (bicyclic) bond motifs is 7. The first-order chi connectivity index (χ1) is 15.3. The second-order valence-electron chi connectivity index (χ2n) is 10.1. The highest BCUT2D eigenvalue weighted by Gasteiger charge is 2.73. The fraction of sp³-hybridized carbons (Fsp3) is 0.423. The van der Waals surface area contributed by atoms with Crippen molar-refractivity contribution in [2.75, 3.05) is 6.79 Å². The summed E-state index contributed by atoms with van der Waals surface area (Å²) in [5.41, 5.74) is 3.10. The molecule has 2 aliphatic carbocycles. The number of nitrogens with zero attached hydrogens (tertiary/aromatic N) is 2. The molecule has 0 spiro atoms. The lowest BCUT2D eigenvalue weighted by Crippen LogP contribution is -2.51. The van der Waals surface area contributed by atoms with Gasteiger partial charge < -0.3 is 14.8 Å². The molecule has 2 aromatic carbocycles. The van der Waals surface area contributed by atoms with Gasteiger partial charge in [-0.1, -0.05) is 51.1 Å². The van der Waals surface area contributed by atoms with Gasteiger partial charge in [0.15, 0.2) is 11.5 Å².